The molecule has 0 heterocycles. The average molecular weight is 538 g/mol. The Labute approximate surface area is 242 Å². The maximum absolute atomic E-state index is 2.49. The zero-order valence-corrected chi connectivity index (χ0v) is 27.1. The summed E-state index contributed by atoms with van der Waals surface area (Å²) in [5.41, 5.74) is 0. The highest BCUT2D eigenvalue weighted by Crippen LogP contribution is 2.18. The van der Waals surface area contributed by atoms with Gasteiger partial charge in [-0.2, -0.15) is 11.8 Å². The lowest BCUT2D eigenvalue weighted by Crippen LogP contribution is -1.85. The lowest BCUT2D eigenvalue weighted by atomic mass is 10.0. The zero-order chi connectivity index (χ0) is 26.7. The van der Waals surface area contributed by atoms with Crippen LogP contribution in [-0.4, -0.2) is 5.75 Å². The van der Waals surface area contributed by atoms with Crippen molar-refractivity contribution >= 4 is 11.8 Å². The molecule has 0 aliphatic carbocycles. The Balaban J connectivity index is 3.00. The first-order chi connectivity index (χ1) is 18.4. The Morgan fingerprint density at radius 1 is 0.297 bits per heavy atom. The van der Waals surface area contributed by atoms with Gasteiger partial charge in [-0.25, -0.2) is 0 Å². The lowest BCUT2D eigenvalue weighted by Gasteiger charge is -2.04. The van der Waals surface area contributed by atoms with Crippen LogP contribution in [0.25, 0.3) is 0 Å². The first kappa shape index (κ1) is 37.4. The van der Waals surface area contributed by atoms with Crippen LogP contribution < -0.4 is 0 Å². The first-order valence-corrected chi connectivity index (χ1v) is 18.9. The van der Waals surface area contributed by atoms with Crippen molar-refractivity contribution in [3.63, 3.8) is 0 Å². The van der Waals surface area contributed by atoms with Crippen molar-refractivity contribution in [3.8, 4) is 0 Å². The molecule has 0 rings (SSSR count). The molecule has 0 bridgehead atoms. The molecule has 0 spiro atoms. The fourth-order valence-electron chi connectivity index (χ4n) is 5.50. The summed E-state index contributed by atoms with van der Waals surface area (Å²) < 4.78 is 0. The van der Waals surface area contributed by atoms with E-state index in [0.29, 0.717) is 0 Å². The SMILES string of the molecule is CCCCCCCCCCCCCCCCCCCCCCCCCCC[CH]SCCCCCCCC. The summed E-state index contributed by atoms with van der Waals surface area (Å²) in [7, 11) is 0. The molecule has 0 amide bonds. The van der Waals surface area contributed by atoms with Gasteiger partial charge in [0, 0.05) is 5.75 Å². The van der Waals surface area contributed by atoms with E-state index < -0.39 is 0 Å². The molecule has 0 nitrogen and oxygen atoms in total. The highest BCUT2D eigenvalue weighted by atomic mass is 32.2. The molecule has 0 saturated carbocycles. The number of unbranched alkanes of at least 4 members (excludes halogenated alkanes) is 30. The maximum atomic E-state index is 2.49. The van der Waals surface area contributed by atoms with E-state index in [0.717, 1.165) is 0 Å². The molecule has 1 heteroatoms. The molecular formula is C36H73S. The van der Waals surface area contributed by atoms with Crippen LogP contribution in [0.1, 0.15) is 219 Å². The van der Waals surface area contributed by atoms with Crippen molar-refractivity contribution in [2.24, 2.45) is 0 Å². The van der Waals surface area contributed by atoms with Gasteiger partial charge in [-0.15, -0.1) is 0 Å². The standard InChI is InChI=1S/C36H73S/c1-3-5-7-9-11-12-13-14-15-16-17-18-19-20-21-22-23-24-25-26-27-28-29-30-32-34-36-37-35-33-31-10-8-6-4-2/h36H,3-35H2,1-2H3. The third kappa shape index (κ3) is 36.4. The van der Waals surface area contributed by atoms with Crippen molar-refractivity contribution in [1.29, 1.82) is 0 Å². The molecule has 0 atom stereocenters. The molecule has 37 heavy (non-hydrogen) atoms. The molecular weight excluding hydrogens is 464 g/mol. The van der Waals surface area contributed by atoms with Crippen molar-refractivity contribution in [2.45, 2.75) is 219 Å². The average Bonchev–Trinajstić information content (AvgIpc) is 2.91. The summed E-state index contributed by atoms with van der Waals surface area (Å²) in [4.78, 5) is 0. The summed E-state index contributed by atoms with van der Waals surface area (Å²) in [5, 5.41) is 0. The van der Waals surface area contributed by atoms with Gasteiger partial charge in [0.2, 0.25) is 0 Å². The van der Waals surface area contributed by atoms with Gasteiger partial charge in [0.1, 0.15) is 0 Å². The minimum Gasteiger partial charge on any atom is -0.157 e. The van der Waals surface area contributed by atoms with Crippen LogP contribution in [0.15, 0.2) is 0 Å². The second kappa shape index (κ2) is 36.4. The minimum absolute atomic E-state index is 1.33. The van der Waals surface area contributed by atoms with E-state index in [1.54, 1.807) is 0 Å². The Hall–Kier alpha value is 0.350. The van der Waals surface area contributed by atoms with E-state index in [4.69, 9.17) is 0 Å². The minimum atomic E-state index is 1.33. The predicted molar refractivity (Wildman–Crippen MR) is 176 cm³/mol. The number of hydrogen-bond acceptors (Lipinski definition) is 1. The van der Waals surface area contributed by atoms with Crippen LogP contribution in [-0.2, 0) is 0 Å². The molecule has 0 saturated heterocycles. The van der Waals surface area contributed by atoms with Crippen LogP contribution in [0.5, 0.6) is 0 Å². The molecule has 0 aromatic carbocycles. The van der Waals surface area contributed by atoms with Crippen molar-refractivity contribution in [1.82, 2.24) is 0 Å². The van der Waals surface area contributed by atoms with Crippen molar-refractivity contribution in [2.75, 3.05) is 5.75 Å². The Bertz CT molecular complexity index is 332. The van der Waals surface area contributed by atoms with Crippen LogP contribution in [0, 0.1) is 5.75 Å². The number of rotatable bonds is 34. The molecule has 0 aliphatic heterocycles. The fourth-order valence-corrected chi connectivity index (χ4v) is 6.37. The highest BCUT2D eigenvalue weighted by molar-refractivity contribution is 8.01. The molecule has 0 unspecified atom stereocenters. The summed E-state index contributed by atoms with van der Waals surface area (Å²) >= 11 is 2.09. The maximum Gasteiger partial charge on any atom is 0.0166 e. The highest BCUT2D eigenvalue weighted by Gasteiger charge is 1.97. The number of thioether (sulfide) groups is 1. The molecule has 0 fully saturated rings. The molecule has 0 N–H and O–H groups in total. The van der Waals surface area contributed by atoms with Gasteiger partial charge < -0.3 is 0 Å². The van der Waals surface area contributed by atoms with Crippen molar-refractivity contribution < 1.29 is 0 Å². The number of hydrogen-bond donors (Lipinski definition) is 0. The van der Waals surface area contributed by atoms with Gasteiger partial charge in [0.15, 0.2) is 0 Å². The Morgan fingerprint density at radius 2 is 0.541 bits per heavy atom. The summed E-state index contributed by atoms with van der Waals surface area (Å²) in [5.74, 6) is 3.84. The normalized spacial score (nSPS) is 11.5. The first-order valence-electron chi connectivity index (χ1n) is 17.8. The molecule has 0 aromatic heterocycles. The van der Waals surface area contributed by atoms with Gasteiger partial charge in [0.05, 0.1) is 0 Å². The smallest absolute Gasteiger partial charge is 0.0166 e. The summed E-state index contributed by atoms with van der Waals surface area (Å²) in [6, 6.07) is 0. The Morgan fingerprint density at radius 3 is 0.838 bits per heavy atom. The zero-order valence-electron chi connectivity index (χ0n) is 26.3. The second-order valence-corrected chi connectivity index (χ2v) is 13.2. The van der Waals surface area contributed by atoms with E-state index in [1.807, 2.05) is 0 Å². The van der Waals surface area contributed by atoms with Gasteiger partial charge in [-0.1, -0.05) is 206 Å². The van der Waals surface area contributed by atoms with Crippen molar-refractivity contribution in [3.05, 3.63) is 5.75 Å². The molecule has 0 aliphatic rings. The van der Waals surface area contributed by atoms with Gasteiger partial charge in [-0.05, 0) is 18.6 Å². The quantitative estimate of drug-likeness (QED) is 0.0735. The van der Waals surface area contributed by atoms with Gasteiger partial charge in [-0.3, -0.25) is 0 Å². The van der Waals surface area contributed by atoms with Crippen LogP contribution >= 0.6 is 11.8 Å². The fraction of sp³-hybridized carbons (Fsp3) is 0.972. The topological polar surface area (TPSA) is 0 Å². The van der Waals surface area contributed by atoms with E-state index >= 15 is 0 Å². The summed E-state index contributed by atoms with van der Waals surface area (Å²) in [6.45, 7) is 4.61. The van der Waals surface area contributed by atoms with Crippen LogP contribution in [0.3, 0.4) is 0 Å². The van der Waals surface area contributed by atoms with E-state index in [9.17, 15) is 0 Å². The van der Waals surface area contributed by atoms with Gasteiger partial charge >= 0.3 is 0 Å². The second-order valence-electron chi connectivity index (χ2n) is 12.1. The lowest BCUT2D eigenvalue weighted by molar-refractivity contribution is 0.516. The molecule has 0 aromatic rings. The Kier molecular flexibility index (Phi) is 36.7. The predicted octanol–water partition coefficient (Wildman–Crippen LogP) is 14.4. The van der Waals surface area contributed by atoms with Gasteiger partial charge in [0.25, 0.3) is 0 Å². The van der Waals surface area contributed by atoms with E-state index in [-0.39, 0.29) is 0 Å². The monoisotopic (exact) mass is 538 g/mol. The third-order valence-corrected chi connectivity index (χ3v) is 9.15. The molecule has 1 radical (unpaired) electrons. The van der Waals surface area contributed by atoms with Crippen LogP contribution in [0.2, 0.25) is 0 Å². The third-order valence-electron chi connectivity index (χ3n) is 8.16. The van der Waals surface area contributed by atoms with E-state index in [2.05, 4.69) is 31.4 Å². The largest absolute Gasteiger partial charge is 0.157 e. The van der Waals surface area contributed by atoms with Crippen LogP contribution in [0.4, 0.5) is 0 Å². The van der Waals surface area contributed by atoms with E-state index in [1.165, 1.54) is 211 Å². The molecule has 223 valence electrons. The summed E-state index contributed by atoms with van der Waals surface area (Å²) in [6.07, 6.45) is 46.8.